The maximum Gasteiger partial charge on any atom is 0.271 e. The van der Waals surface area contributed by atoms with Gasteiger partial charge in [0.15, 0.2) is 0 Å². The van der Waals surface area contributed by atoms with E-state index in [0.717, 1.165) is 22.5 Å². The van der Waals surface area contributed by atoms with E-state index in [2.05, 4.69) is 5.10 Å². The molecule has 0 saturated heterocycles. The Morgan fingerprint density at radius 2 is 1.63 bits per heavy atom. The van der Waals surface area contributed by atoms with Crippen molar-refractivity contribution in [3.63, 3.8) is 0 Å². The number of benzene rings is 2. The molecule has 0 spiro atoms. The molecule has 3 heteroatoms. The topological polar surface area (TPSA) is 37.8 Å². The molecule has 0 saturated carbocycles. The van der Waals surface area contributed by atoms with Gasteiger partial charge >= 0.3 is 0 Å². The fraction of sp³-hybridized carbons (Fsp3) is 0.0625. The van der Waals surface area contributed by atoms with Gasteiger partial charge in [-0.3, -0.25) is 9.89 Å². The van der Waals surface area contributed by atoms with Crippen LogP contribution < -0.4 is 5.56 Å². The Labute approximate surface area is 111 Å². The van der Waals surface area contributed by atoms with Crippen LogP contribution in [-0.2, 0) is 0 Å². The Morgan fingerprint density at radius 3 is 2.37 bits per heavy atom. The summed E-state index contributed by atoms with van der Waals surface area (Å²) in [5, 5.41) is 3.16. The Morgan fingerprint density at radius 1 is 0.947 bits per heavy atom. The monoisotopic (exact) mass is 250 g/mol. The van der Waals surface area contributed by atoms with E-state index in [0.29, 0.717) is 0 Å². The second-order valence-electron chi connectivity index (χ2n) is 4.49. The van der Waals surface area contributed by atoms with Crippen LogP contribution in [0, 0.1) is 6.92 Å². The minimum atomic E-state index is -0.0514. The summed E-state index contributed by atoms with van der Waals surface area (Å²) in [6, 6.07) is 19.2. The molecule has 1 heterocycles. The third-order valence-electron chi connectivity index (χ3n) is 3.17. The predicted octanol–water partition coefficient (Wildman–Crippen LogP) is 3.14. The van der Waals surface area contributed by atoms with E-state index in [1.54, 1.807) is 10.7 Å². The molecule has 0 aliphatic rings. The highest BCUT2D eigenvalue weighted by Gasteiger charge is 2.08. The van der Waals surface area contributed by atoms with Gasteiger partial charge in [0.05, 0.1) is 11.4 Å². The summed E-state index contributed by atoms with van der Waals surface area (Å²) in [7, 11) is 0. The van der Waals surface area contributed by atoms with Crippen LogP contribution in [0.25, 0.3) is 16.9 Å². The minimum absolute atomic E-state index is 0.0514. The van der Waals surface area contributed by atoms with Crippen LogP contribution in [0.4, 0.5) is 0 Å². The first kappa shape index (κ1) is 11.5. The summed E-state index contributed by atoms with van der Waals surface area (Å²) in [5.41, 5.74) is 3.82. The highest BCUT2D eigenvalue weighted by Crippen LogP contribution is 2.20. The summed E-state index contributed by atoms with van der Waals surface area (Å²) < 4.78 is 1.56. The number of rotatable bonds is 2. The molecule has 2 aromatic carbocycles. The van der Waals surface area contributed by atoms with E-state index in [1.807, 2.05) is 61.5 Å². The fourth-order valence-corrected chi connectivity index (χ4v) is 2.18. The van der Waals surface area contributed by atoms with E-state index in [4.69, 9.17) is 0 Å². The van der Waals surface area contributed by atoms with E-state index in [-0.39, 0.29) is 5.56 Å². The molecule has 0 aliphatic carbocycles. The van der Waals surface area contributed by atoms with Crippen LogP contribution in [0.5, 0.6) is 0 Å². The van der Waals surface area contributed by atoms with Crippen LogP contribution in [0.1, 0.15) is 5.56 Å². The van der Waals surface area contributed by atoms with E-state index in [1.165, 1.54) is 0 Å². The Hall–Kier alpha value is -2.55. The average Bonchev–Trinajstić information content (AvgIpc) is 2.82. The summed E-state index contributed by atoms with van der Waals surface area (Å²) in [4.78, 5) is 12.1. The lowest BCUT2D eigenvalue weighted by Crippen LogP contribution is -2.12. The molecule has 3 rings (SSSR count). The zero-order valence-electron chi connectivity index (χ0n) is 10.6. The molecule has 19 heavy (non-hydrogen) atoms. The van der Waals surface area contributed by atoms with Crippen LogP contribution in [0.2, 0.25) is 0 Å². The highest BCUT2D eigenvalue weighted by molar-refractivity contribution is 5.63. The maximum atomic E-state index is 12.1. The molecule has 1 N–H and O–H groups in total. The lowest BCUT2D eigenvalue weighted by Gasteiger charge is -2.03. The van der Waals surface area contributed by atoms with Crippen LogP contribution >= 0.6 is 0 Å². The van der Waals surface area contributed by atoms with Gasteiger partial charge in [-0.05, 0) is 24.6 Å². The smallest absolute Gasteiger partial charge is 0.271 e. The Balaban J connectivity index is 2.13. The van der Waals surface area contributed by atoms with Gasteiger partial charge in [0.25, 0.3) is 5.56 Å². The van der Waals surface area contributed by atoms with Crippen molar-refractivity contribution in [1.29, 1.82) is 0 Å². The predicted molar refractivity (Wildman–Crippen MR) is 76.6 cm³/mol. The van der Waals surface area contributed by atoms with Crippen molar-refractivity contribution in [2.75, 3.05) is 0 Å². The summed E-state index contributed by atoms with van der Waals surface area (Å²) in [6.07, 6.45) is 0. The van der Waals surface area contributed by atoms with Crippen molar-refractivity contribution >= 4 is 0 Å². The van der Waals surface area contributed by atoms with Gasteiger partial charge in [-0.1, -0.05) is 42.5 Å². The first-order valence-electron chi connectivity index (χ1n) is 6.19. The van der Waals surface area contributed by atoms with Gasteiger partial charge < -0.3 is 0 Å². The number of para-hydroxylation sites is 1. The number of hydrogen-bond acceptors (Lipinski definition) is 1. The van der Waals surface area contributed by atoms with Crippen molar-refractivity contribution in [3.05, 3.63) is 76.6 Å². The second-order valence-corrected chi connectivity index (χ2v) is 4.49. The summed E-state index contributed by atoms with van der Waals surface area (Å²) >= 11 is 0. The number of aryl methyl sites for hydroxylation is 1. The molecule has 0 fully saturated rings. The molecule has 0 bridgehead atoms. The molecule has 0 atom stereocenters. The number of H-pyrrole nitrogens is 1. The fourth-order valence-electron chi connectivity index (χ4n) is 2.18. The number of hydrogen-bond donors (Lipinski definition) is 1. The molecule has 0 radical (unpaired) electrons. The molecule has 3 nitrogen and oxygen atoms in total. The molecule has 0 unspecified atom stereocenters. The van der Waals surface area contributed by atoms with Gasteiger partial charge in [-0.2, -0.15) is 0 Å². The van der Waals surface area contributed by atoms with Crippen molar-refractivity contribution in [1.82, 2.24) is 9.78 Å². The quantitative estimate of drug-likeness (QED) is 0.745. The summed E-state index contributed by atoms with van der Waals surface area (Å²) in [5.74, 6) is 0. The first-order chi connectivity index (χ1) is 9.25. The molecule has 0 amide bonds. The minimum Gasteiger partial charge on any atom is -0.290 e. The zero-order chi connectivity index (χ0) is 13.2. The van der Waals surface area contributed by atoms with Gasteiger partial charge in [0.1, 0.15) is 0 Å². The third-order valence-corrected chi connectivity index (χ3v) is 3.17. The van der Waals surface area contributed by atoms with Gasteiger partial charge in [0, 0.05) is 11.6 Å². The van der Waals surface area contributed by atoms with Crippen molar-refractivity contribution < 1.29 is 0 Å². The Bertz CT molecular complexity index is 754. The SMILES string of the molecule is Cc1ccccc1-c1cc(=O)n(-c2ccccc2)[nH]1. The summed E-state index contributed by atoms with van der Waals surface area (Å²) in [6.45, 7) is 2.04. The largest absolute Gasteiger partial charge is 0.290 e. The van der Waals surface area contributed by atoms with E-state index in [9.17, 15) is 4.79 Å². The number of aromatic nitrogens is 2. The van der Waals surface area contributed by atoms with Crippen LogP contribution in [0.3, 0.4) is 0 Å². The molecular formula is C16H14N2O. The molecule has 94 valence electrons. The second kappa shape index (κ2) is 4.61. The molecule has 0 aliphatic heterocycles. The number of nitrogens with zero attached hydrogens (tertiary/aromatic N) is 1. The lowest BCUT2D eigenvalue weighted by molar-refractivity contribution is 0.852. The van der Waals surface area contributed by atoms with Crippen LogP contribution in [-0.4, -0.2) is 9.78 Å². The molecule has 1 aromatic heterocycles. The highest BCUT2D eigenvalue weighted by atomic mass is 16.1. The first-order valence-corrected chi connectivity index (χ1v) is 6.19. The van der Waals surface area contributed by atoms with E-state index < -0.39 is 0 Å². The van der Waals surface area contributed by atoms with Crippen molar-refractivity contribution in [2.24, 2.45) is 0 Å². The van der Waals surface area contributed by atoms with Gasteiger partial charge in [0.2, 0.25) is 0 Å². The molecule has 3 aromatic rings. The van der Waals surface area contributed by atoms with Gasteiger partial charge in [-0.15, -0.1) is 0 Å². The van der Waals surface area contributed by atoms with E-state index >= 15 is 0 Å². The average molecular weight is 250 g/mol. The maximum absolute atomic E-state index is 12.1. The lowest BCUT2D eigenvalue weighted by atomic mass is 10.1. The Kier molecular flexibility index (Phi) is 2.80. The molecular weight excluding hydrogens is 236 g/mol. The van der Waals surface area contributed by atoms with Crippen LogP contribution in [0.15, 0.2) is 65.5 Å². The standard InChI is InChI=1S/C16H14N2O/c1-12-7-5-6-10-14(12)15-11-16(19)18(17-15)13-8-3-2-4-9-13/h2-11,17H,1H3. The number of aromatic amines is 1. The van der Waals surface area contributed by atoms with Crippen molar-refractivity contribution in [2.45, 2.75) is 6.92 Å². The normalized spacial score (nSPS) is 10.6. The zero-order valence-corrected chi connectivity index (χ0v) is 10.6. The number of nitrogens with one attached hydrogen (secondary N) is 1. The van der Waals surface area contributed by atoms with Gasteiger partial charge in [-0.25, -0.2) is 4.68 Å². The third kappa shape index (κ3) is 2.10. The van der Waals surface area contributed by atoms with Crippen molar-refractivity contribution in [3.8, 4) is 16.9 Å².